The summed E-state index contributed by atoms with van der Waals surface area (Å²) < 4.78 is 1.95. The number of nitrogens with zero attached hydrogens (tertiary/aromatic N) is 2. The molecular formula is C13H14ClN3. The molecule has 1 aromatic heterocycles. The van der Waals surface area contributed by atoms with Crippen molar-refractivity contribution in [2.24, 2.45) is 0 Å². The molecule has 0 aliphatic rings. The second-order valence-corrected chi connectivity index (χ2v) is 4.39. The van der Waals surface area contributed by atoms with Crippen molar-refractivity contribution >= 4 is 23.1 Å². The first-order valence-corrected chi connectivity index (χ1v) is 5.73. The van der Waals surface area contributed by atoms with Gasteiger partial charge >= 0.3 is 0 Å². The maximum Gasteiger partial charge on any atom is 0.114 e. The quantitative estimate of drug-likeness (QED) is 0.893. The number of aromatic nitrogens is 2. The molecule has 1 heterocycles. The molecule has 0 atom stereocenters. The molecule has 0 bridgehead atoms. The predicted molar refractivity (Wildman–Crippen MR) is 71.9 cm³/mol. The average molecular weight is 248 g/mol. The van der Waals surface area contributed by atoms with Crippen LogP contribution in [-0.4, -0.2) is 9.55 Å². The van der Waals surface area contributed by atoms with Crippen LogP contribution in [0.25, 0.3) is 5.82 Å². The number of nitrogens with one attached hydrogen (secondary N) is 1. The Kier molecular flexibility index (Phi) is 3.49. The van der Waals surface area contributed by atoms with E-state index in [1.165, 1.54) is 5.57 Å². The largest absolute Gasteiger partial charge is 0.341 e. The van der Waals surface area contributed by atoms with Gasteiger partial charge in [-0.15, -0.1) is 0 Å². The number of imidazole rings is 1. The molecular weight excluding hydrogens is 234 g/mol. The smallest absolute Gasteiger partial charge is 0.114 e. The highest BCUT2D eigenvalue weighted by Crippen LogP contribution is 2.18. The molecule has 0 fully saturated rings. The minimum absolute atomic E-state index is 0.733. The standard InChI is InChI=1S/C13H14ClN3/c1-10(2)13(17-8-7-15-9-17)16-12-5-3-11(14)4-6-12/h3-9,16H,1-2H3. The zero-order valence-electron chi connectivity index (χ0n) is 9.81. The van der Waals surface area contributed by atoms with Crippen LogP contribution in [0.4, 0.5) is 5.69 Å². The lowest BCUT2D eigenvalue weighted by molar-refractivity contribution is 1.05. The van der Waals surface area contributed by atoms with Crippen molar-refractivity contribution in [2.75, 3.05) is 5.32 Å². The minimum Gasteiger partial charge on any atom is -0.341 e. The summed E-state index contributed by atoms with van der Waals surface area (Å²) in [5, 5.41) is 4.09. The number of anilines is 1. The summed E-state index contributed by atoms with van der Waals surface area (Å²) in [5.74, 6) is 1.00. The Morgan fingerprint density at radius 3 is 2.47 bits per heavy atom. The highest BCUT2D eigenvalue weighted by molar-refractivity contribution is 6.30. The van der Waals surface area contributed by atoms with Crippen LogP contribution >= 0.6 is 11.6 Å². The van der Waals surface area contributed by atoms with Crippen molar-refractivity contribution in [3.63, 3.8) is 0 Å². The van der Waals surface area contributed by atoms with Crippen molar-refractivity contribution in [1.29, 1.82) is 0 Å². The molecule has 0 spiro atoms. The SMILES string of the molecule is CC(C)=C(Nc1ccc(Cl)cc1)n1ccnc1. The Balaban J connectivity index is 2.26. The first-order chi connectivity index (χ1) is 8.16. The fourth-order valence-corrected chi connectivity index (χ4v) is 1.64. The highest BCUT2D eigenvalue weighted by atomic mass is 35.5. The normalized spacial score (nSPS) is 10.1. The fourth-order valence-electron chi connectivity index (χ4n) is 1.51. The fraction of sp³-hybridized carbons (Fsp3) is 0.154. The number of benzene rings is 1. The molecule has 1 aromatic carbocycles. The van der Waals surface area contributed by atoms with Crippen LogP contribution in [0.15, 0.2) is 48.6 Å². The molecule has 1 N–H and O–H groups in total. The van der Waals surface area contributed by atoms with Gasteiger partial charge in [0.05, 0.1) is 0 Å². The zero-order valence-corrected chi connectivity index (χ0v) is 10.6. The first-order valence-electron chi connectivity index (χ1n) is 5.35. The van der Waals surface area contributed by atoms with Crippen molar-refractivity contribution in [3.05, 3.63) is 53.6 Å². The first kappa shape index (κ1) is 11.7. The molecule has 0 aliphatic carbocycles. The molecule has 0 amide bonds. The Morgan fingerprint density at radius 2 is 1.94 bits per heavy atom. The number of rotatable bonds is 3. The lowest BCUT2D eigenvalue weighted by Crippen LogP contribution is -2.06. The third-order valence-corrected chi connectivity index (χ3v) is 2.60. The third-order valence-electron chi connectivity index (χ3n) is 2.34. The van der Waals surface area contributed by atoms with Crippen molar-refractivity contribution < 1.29 is 0 Å². The Morgan fingerprint density at radius 1 is 1.24 bits per heavy atom. The zero-order chi connectivity index (χ0) is 12.3. The van der Waals surface area contributed by atoms with E-state index >= 15 is 0 Å². The van der Waals surface area contributed by atoms with Crippen LogP contribution in [0.3, 0.4) is 0 Å². The predicted octanol–water partition coefficient (Wildman–Crippen LogP) is 3.86. The molecule has 0 radical (unpaired) electrons. The Hall–Kier alpha value is -1.74. The van der Waals surface area contributed by atoms with Crippen LogP contribution in [0.5, 0.6) is 0 Å². The van der Waals surface area contributed by atoms with Crippen LogP contribution in [-0.2, 0) is 0 Å². The van der Waals surface area contributed by atoms with E-state index in [-0.39, 0.29) is 0 Å². The molecule has 4 heteroatoms. The molecule has 0 saturated heterocycles. The van der Waals surface area contributed by atoms with Gasteiger partial charge in [0.25, 0.3) is 0 Å². The average Bonchev–Trinajstić information content (AvgIpc) is 2.81. The van der Waals surface area contributed by atoms with Crippen LogP contribution in [0.2, 0.25) is 5.02 Å². The summed E-state index contributed by atoms with van der Waals surface area (Å²) in [6, 6.07) is 7.62. The molecule has 0 aliphatic heterocycles. The van der Waals surface area contributed by atoms with Crippen LogP contribution in [0.1, 0.15) is 13.8 Å². The van der Waals surface area contributed by atoms with E-state index in [1.54, 1.807) is 12.5 Å². The Labute approximate surface area is 106 Å². The lowest BCUT2D eigenvalue weighted by Gasteiger charge is -2.13. The van der Waals surface area contributed by atoms with Gasteiger partial charge in [0.1, 0.15) is 12.1 Å². The van der Waals surface area contributed by atoms with E-state index in [4.69, 9.17) is 11.6 Å². The number of hydrogen-bond acceptors (Lipinski definition) is 2. The van der Waals surface area contributed by atoms with Gasteiger partial charge < -0.3 is 5.32 Å². The van der Waals surface area contributed by atoms with Gasteiger partial charge in [-0.3, -0.25) is 4.57 Å². The summed E-state index contributed by atoms with van der Waals surface area (Å²) in [4.78, 5) is 4.05. The number of hydrogen-bond donors (Lipinski definition) is 1. The van der Waals surface area contributed by atoms with Crippen LogP contribution < -0.4 is 5.32 Å². The van der Waals surface area contributed by atoms with E-state index in [0.29, 0.717) is 0 Å². The van der Waals surface area contributed by atoms with Gasteiger partial charge in [-0.05, 0) is 43.7 Å². The second-order valence-electron chi connectivity index (χ2n) is 3.95. The maximum absolute atomic E-state index is 5.86. The molecule has 2 rings (SSSR count). The number of halogens is 1. The minimum atomic E-state index is 0.733. The van der Waals surface area contributed by atoms with Gasteiger partial charge in [-0.1, -0.05) is 11.6 Å². The van der Waals surface area contributed by atoms with Crippen molar-refractivity contribution in [3.8, 4) is 0 Å². The Bertz CT molecular complexity index is 508. The van der Waals surface area contributed by atoms with Gasteiger partial charge in [-0.2, -0.15) is 0 Å². The summed E-state index contributed by atoms with van der Waals surface area (Å²) in [5.41, 5.74) is 2.18. The van der Waals surface area contributed by atoms with Gasteiger partial charge in [0.15, 0.2) is 0 Å². The second kappa shape index (κ2) is 5.06. The van der Waals surface area contributed by atoms with Crippen LogP contribution in [0, 0.1) is 0 Å². The summed E-state index contributed by atoms with van der Waals surface area (Å²) >= 11 is 5.86. The topological polar surface area (TPSA) is 29.9 Å². The van der Waals surface area contributed by atoms with E-state index in [1.807, 2.05) is 35.0 Å². The van der Waals surface area contributed by atoms with Crippen molar-refractivity contribution in [2.45, 2.75) is 13.8 Å². The summed E-state index contributed by atoms with van der Waals surface area (Å²) in [6.45, 7) is 4.11. The third kappa shape index (κ3) is 2.88. The molecule has 0 saturated carbocycles. The lowest BCUT2D eigenvalue weighted by atomic mass is 10.3. The molecule has 3 nitrogen and oxygen atoms in total. The van der Waals surface area contributed by atoms with Gasteiger partial charge in [0, 0.05) is 23.1 Å². The summed E-state index contributed by atoms with van der Waals surface area (Å²) in [7, 11) is 0. The molecule has 2 aromatic rings. The van der Waals surface area contributed by atoms with Gasteiger partial charge in [0.2, 0.25) is 0 Å². The molecule has 0 unspecified atom stereocenters. The molecule has 17 heavy (non-hydrogen) atoms. The van der Waals surface area contributed by atoms with E-state index < -0.39 is 0 Å². The maximum atomic E-state index is 5.86. The van der Waals surface area contributed by atoms with E-state index in [9.17, 15) is 0 Å². The highest BCUT2D eigenvalue weighted by Gasteiger charge is 2.02. The van der Waals surface area contributed by atoms with E-state index in [2.05, 4.69) is 24.1 Å². The van der Waals surface area contributed by atoms with E-state index in [0.717, 1.165) is 16.5 Å². The number of allylic oxidation sites excluding steroid dienone is 1. The van der Waals surface area contributed by atoms with Gasteiger partial charge in [-0.25, -0.2) is 4.98 Å². The monoisotopic (exact) mass is 247 g/mol. The summed E-state index contributed by atoms with van der Waals surface area (Å²) in [6.07, 6.45) is 5.43. The molecule has 88 valence electrons. The van der Waals surface area contributed by atoms with Crippen molar-refractivity contribution in [1.82, 2.24) is 9.55 Å².